The van der Waals surface area contributed by atoms with Gasteiger partial charge in [0.25, 0.3) is 5.91 Å². The average molecular weight is 420 g/mol. The quantitative estimate of drug-likeness (QED) is 0.444. The van der Waals surface area contributed by atoms with Gasteiger partial charge < -0.3 is 14.5 Å². The maximum absolute atomic E-state index is 12.5. The zero-order valence-corrected chi connectivity index (χ0v) is 16.8. The number of hydrogen-bond acceptors (Lipinski definition) is 6. The number of oxazole rings is 1. The summed E-state index contributed by atoms with van der Waals surface area (Å²) in [4.78, 5) is 38.7. The maximum Gasteiger partial charge on any atom is 0.417 e. The topological polar surface area (TPSA) is 119 Å². The van der Waals surface area contributed by atoms with E-state index in [4.69, 9.17) is 9.15 Å². The van der Waals surface area contributed by atoms with E-state index in [1.54, 1.807) is 22.9 Å². The number of aromatic nitrogens is 3. The van der Waals surface area contributed by atoms with Gasteiger partial charge in [0.1, 0.15) is 11.4 Å². The monoisotopic (exact) mass is 420 g/mol. The second-order valence-corrected chi connectivity index (χ2v) is 6.84. The summed E-state index contributed by atoms with van der Waals surface area (Å²) in [5.41, 5.74) is 2.16. The number of nitrogens with one attached hydrogen (secondary N) is 2. The molecule has 0 saturated carbocycles. The number of aromatic amines is 1. The highest BCUT2D eigenvalue weighted by atomic mass is 16.5. The van der Waals surface area contributed by atoms with Gasteiger partial charge in [0.05, 0.1) is 16.9 Å². The molecule has 0 atom stereocenters. The van der Waals surface area contributed by atoms with Crippen LogP contribution in [-0.4, -0.2) is 33.2 Å². The molecule has 1 amide bonds. The molecule has 0 fully saturated rings. The summed E-state index contributed by atoms with van der Waals surface area (Å²) >= 11 is 0. The Bertz CT molecular complexity index is 1290. The predicted molar refractivity (Wildman–Crippen MR) is 113 cm³/mol. The zero-order chi connectivity index (χ0) is 21.8. The van der Waals surface area contributed by atoms with Crippen molar-refractivity contribution >= 4 is 28.8 Å². The fourth-order valence-corrected chi connectivity index (χ4v) is 3.19. The Kier molecular flexibility index (Phi) is 5.65. The lowest BCUT2D eigenvalue weighted by Crippen LogP contribution is -2.22. The summed E-state index contributed by atoms with van der Waals surface area (Å²) in [6.07, 6.45) is 1.68. The van der Waals surface area contributed by atoms with Crippen LogP contribution in [0.25, 0.3) is 16.8 Å². The van der Waals surface area contributed by atoms with E-state index in [2.05, 4.69) is 15.4 Å². The lowest BCUT2D eigenvalue weighted by atomic mass is 10.2. The average Bonchev–Trinajstić information content (AvgIpc) is 3.34. The molecule has 4 aromatic rings. The molecule has 2 N–H and O–H groups in total. The summed E-state index contributed by atoms with van der Waals surface area (Å²) in [5, 5.41) is 7.29. The number of nitrogens with zero attached hydrogens (tertiary/aromatic N) is 2. The standard InChI is InChI=1S/C22H20N4O5/c1-2-7-14-12-18(26(25-14)15-8-4-3-5-9-15)24-19(27)13-30-21(28)16-10-6-11-17-20(16)31-22(29)23-17/h3-6,8-12H,2,7,13H2,1H3,(H,23,29)(H,24,27). The number of fused-ring (bicyclic) bond motifs is 1. The molecule has 0 bridgehead atoms. The van der Waals surface area contributed by atoms with Gasteiger partial charge in [-0.05, 0) is 30.7 Å². The van der Waals surface area contributed by atoms with E-state index < -0.39 is 24.2 Å². The highest BCUT2D eigenvalue weighted by Gasteiger charge is 2.18. The highest BCUT2D eigenvalue weighted by Crippen LogP contribution is 2.19. The molecule has 0 aliphatic rings. The first-order valence-electron chi connectivity index (χ1n) is 9.78. The fourth-order valence-electron chi connectivity index (χ4n) is 3.19. The van der Waals surface area contributed by atoms with Crippen LogP contribution < -0.4 is 11.1 Å². The summed E-state index contributed by atoms with van der Waals surface area (Å²) in [5.74, 6) is -1.48. The summed E-state index contributed by atoms with van der Waals surface area (Å²) in [6.45, 7) is 1.54. The van der Waals surface area contributed by atoms with E-state index in [1.807, 2.05) is 37.3 Å². The maximum atomic E-state index is 12.5. The van der Waals surface area contributed by atoms with Crippen molar-refractivity contribution < 1.29 is 18.7 Å². The van der Waals surface area contributed by atoms with Crippen LogP contribution in [0.1, 0.15) is 29.4 Å². The Labute approximate surface area is 176 Å². The zero-order valence-electron chi connectivity index (χ0n) is 16.8. The van der Waals surface area contributed by atoms with Crippen LogP contribution in [0.3, 0.4) is 0 Å². The smallest absolute Gasteiger partial charge is 0.417 e. The first kappa shape index (κ1) is 20.1. The molecule has 0 aliphatic carbocycles. The number of benzene rings is 2. The number of carbonyl (C=O) groups excluding carboxylic acids is 2. The SMILES string of the molecule is CCCc1cc(NC(=O)COC(=O)c2cccc3[nH]c(=O)oc23)n(-c2ccccc2)n1. The number of anilines is 1. The van der Waals surface area contributed by atoms with Crippen molar-refractivity contribution in [1.29, 1.82) is 0 Å². The normalized spacial score (nSPS) is 10.9. The third-order valence-electron chi connectivity index (χ3n) is 4.54. The number of H-pyrrole nitrogens is 1. The van der Waals surface area contributed by atoms with Crippen LogP contribution in [-0.2, 0) is 16.0 Å². The molecule has 2 heterocycles. The second-order valence-electron chi connectivity index (χ2n) is 6.84. The minimum absolute atomic E-state index is 0.0585. The highest BCUT2D eigenvalue weighted by molar-refractivity contribution is 6.02. The van der Waals surface area contributed by atoms with Crippen molar-refractivity contribution in [2.45, 2.75) is 19.8 Å². The van der Waals surface area contributed by atoms with Gasteiger partial charge in [-0.1, -0.05) is 37.6 Å². The Hall–Kier alpha value is -4.14. The van der Waals surface area contributed by atoms with Gasteiger partial charge in [-0.2, -0.15) is 5.10 Å². The van der Waals surface area contributed by atoms with Crippen LogP contribution >= 0.6 is 0 Å². The Morgan fingerprint density at radius 1 is 1.16 bits per heavy atom. The van der Waals surface area contributed by atoms with Gasteiger partial charge >= 0.3 is 11.7 Å². The predicted octanol–water partition coefficient (Wildman–Crippen LogP) is 3.05. The molecule has 2 aromatic heterocycles. The number of para-hydroxylation sites is 2. The summed E-state index contributed by atoms with van der Waals surface area (Å²) in [6, 6.07) is 15.8. The van der Waals surface area contributed by atoms with E-state index in [0.717, 1.165) is 24.2 Å². The lowest BCUT2D eigenvalue weighted by molar-refractivity contribution is -0.119. The minimum atomic E-state index is -0.772. The molecule has 0 radical (unpaired) electrons. The van der Waals surface area contributed by atoms with Crippen molar-refractivity contribution in [3.63, 3.8) is 0 Å². The van der Waals surface area contributed by atoms with Gasteiger partial charge in [0.15, 0.2) is 12.2 Å². The molecule has 9 heteroatoms. The molecule has 4 rings (SSSR count). The van der Waals surface area contributed by atoms with Crippen molar-refractivity contribution in [2.75, 3.05) is 11.9 Å². The Morgan fingerprint density at radius 3 is 2.74 bits per heavy atom. The van der Waals surface area contributed by atoms with Crippen molar-refractivity contribution in [3.05, 3.63) is 76.4 Å². The van der Waals surface area contributed by atoms with Gasteiger partial charge in [0.2, 0.25) is 0 Å². The number of esters is 1. The third kappa shape index (κ3) is 4.40. The van der Waals surface area contributed by atoms with Gasteiger partial charge in [-0.3, -0.25) is 9.78 Å². The molecule has 31 heavy (non-hydrogen) atoms. The number of carbonyl (C=O) groups is 2. The van der Waals surface area contributed by atoms with E-state index in [-0.39, 0.29) is 11.1 Å². The number of hydrogen-bond donors (Lipinski definition) is 2. The van der Waals surface area contributed by atoms with Crippen LogP contribution in [0.4, 0.5) is 5.82 Å². The molecular weight excluding hydrogens is 400 g/mol. The molecule has 2 aromatic carbocycles. The van der Waals surface area contributed by atoms with E-state index in [1.165, 1.54) is 6.07 Å². The van der Waals surface area contributed by atoms with Crippen molar-refractivity contribution in [2.24, 2.45) is 0 Å². The van der Waals surface area contributed by atoms with Crippen LogP contribution in [0.5, 0.6) is 0 Å². The Balaban J connectivity index is 1.47. The van der Waals surface area contributed by atoms with Crippen LogP contribution in [0.2, 0.25) is 0 Å². The molecular formula is C22H20N4O5. The van der Waals surface area contributed by atoms with Gasteiger partial charge in [-0.15, -0.1) is 0 Å². The number of ether oxygens (including phenoxy) is 1. The lowest BCUT2D eigenvalue weighted by Gasteiger charge is -2.09. The number of amides is 1. The third-order valence-corrected chi connectivity index (χ3v) is 4.54. The summed E-state index contributed by atoms with van der Waals surface area (Å²) < 4.78 is 11.8. The van der Waals surface area contributed by atoms with Crippen LogP contribution in [0, 0.1) is 0 Å². The summed E-state index contributed by atoms with van der Waals surface area (Å²) in [7, 11) is 0. The first-order chi connectivity index (χ1) is 15.0. The minimum Gasteiger partial charge on any atom is -0.452 e. The second kappa shape index (κ2) is 8.70. The van der Waals surface area contributed by atoms with Crippen molar-refractivity contribution in [1.82, 2.24) is 14.8 Å². The molecule has 0 unspecified atom stereocenters. The number of aryl methyl sites for hydroxylation is 1. The molecule has 0 spiro atoms. The number of rotatable bonds is 7. The van der Waals surface area contributed by atoms with E-state index in [9.17, 15) is 14.4 Å². The molecule has 158 valence electrons. The van der Waals surface area contributed by atoms with Crippen molar-refractivity contribution in [3.8, 4) is 5.69 Å². The van der Waals surface area contributed by atoms with Crippen LogP contribution in [0.15, 0.2) is 63.8 Å². The van der Waals surface area contributed by atoms with E-state index in [0.29, 0.717) is 11.3 Å². The molecule has 0 aliphatic heterocycles. The first-order valence-corrected chi connectivity index (χ1v) is 9.78. The van der Waals surface area contributed by atoms with Gasteiger partial charge in [0, 0.05) is 6.07 Å². The van der Waals surface area contributed by atoms with E-state index >= 15 is 0 Å². The largest absolute Gasteiger partial charge is 0.452 e. The molecule has 9 nitrogen and oxygen atoms in total. The van der Waals surface area contributed by atoms with Gasteiger partial charge in [-0.25, -0.2) is 14.3 Å². The fraction of sp³-hybridized carbons (Fsp3) is 0.182. The molecule has 0 saturated heterocycles. The Morgan fingerprint density at radius 2 is 1.97 bits per heavy atom.